The Balaban J connectivity index is 1.46. The van der Waals surface area contributed by atoms with Crippen LogP contribution in [0.5, 0.6) is 0 Å². The number of piperidine rings is 1. The van der Waals surface area contributed by atoms with Crippen molar-refractivity contribution in [3.63, 3.8) is 0 Å². The Kier molecular flexibility index (Phi) is 5.78. The Morgan fingerprint density at radius 3 is 2.97 bits per heavy atom. The molecule has 4 heterocycles. The number of pyridine rings is 1. The van der Waals surface area contributed by atoms with Gasteiger partial charge in [-0.3, -0.25) is 15.0 Å². The first-order valence-corrected chi connectivity index (χ1v) is 11.0. The smallest absolute Gasteiger partial charge is 0.259 e. The predicted molar refractivity (Wildman–Crippen MR) is 117 cm³/mol. The monoisotopic (exact) mass is 409 g/mol. The van der Waals surface area contributed by atoms with Crippen LogP contribution in [0.4, 0.5) is 5.13 Å². The number of carbonyl (C=O) groups excluding carboxylic acids is 1. The molecular formula is C22H27N5OS. The van der Waals surface area contributed by atoms with Crippen molar-refractivity contribution < 1.29 is 4.79 Å². The molecule has 0 radical (unpaired) electrons. The van der Waals surface area contributed by atoms with Crippen LogP contribution in [0.25, 0.3) is 5.82 Å². The van der Waals surface area contributed by atoms with E-state index in [4.69, 9.17) is 0 Å². The molecule has 1 aliphatic heterocycles. The van der Waals surface area contributed by atoms with Gasteiger partial charge in [0.05, 0.1) is 11.3 Å². The Bertz CT molecular complexity index is 994. The molecule has 1 aliphatic rings. The van der Waals surface area contributed by atoms with Crippen LogP contribution in [0.15, 0.2) is 35.8 Å². The van der Waals surface area contributed by atoms with E-state index in [0.717, 1.165) is 48.5 Å². The summed E-state index contributed by atoms with van der Waals surface area (Å²) in [6.07, 6.45) is 4.32. The minimum atomic E-state index is -0.132. The van der Waals surface area contributed by atoms with E-state index < -0.39 is 0 Å². The topological polar surface area (TPSA) is 63.1 Å². The number of nitrogens with one attached hydrogen (secondary N) is 1. The zero-order chi connectivity index (χ0) is 20.4. The van der Waals surface area contributed by atoms with E-state index in [9.17, 15) is 4.79 Å². The maximum Gasteiger partial charge on any atom is 0.259 e. The molecular weight excluding hydrogens is 382 g/mol. The van der Waals surface area contributed by atoms with Crippen LogP contribution in [0.1, 0.15) is 47.2 Å². The largest absolute Gasteiger partial charge is 0.302 e. The minimum absolute atomic E-state index is 0.132. The van der Waals surface area contributed by atoms with Crippen molar-refractivity contribution in [2.24, 2.45) is 5.92 Å². The van der Waals surface area contributed by atoms with Gasteiger partial charge in [0, 0.05) is 36.1 Å². The molecule has 29 heavy (non-hydrogen) atoms. The summed E-state index contributed by atoms with van der Waals surface area (Å²) in [5.41, 5.74) is 3.52. The predicted octanol–water partition coefficient (Wildman–Crippen LogP) is 4.43. The van der Waals surface area contributed by atoms with Gasteiger partial charge in [-0.15, -0.1) is 11.3 Å². The second kappa shape index (κ2) is 8.47. The van der Waals surface area contributed by atoms with Gasteiger partial charge in [0.1, 0.15) is 5.82 Å². The first kappa shape index (κ1) is 19.8. The molecule has 4 rings (SSSR count). The molecule has 0 aliphatic carbocycles. The van der Waals surface area contributed by atoms with Crippen molar-refractivity contribution in [1.29, 1.82) is 0 Å². The van der Waals surface area contributed by atoms with E-state index in [1.807, 2.05) is 48.1 Å². The highest BCUT2D eigenvalue weighted by Crippen LogP contribution is 2.23. The van der Waals surface area contributed by atoms with E-state index in [1.54, 1.807) is 6.20 Å². The van der Waals surface area contributed by atoms with Crippen LogP contribution in [0.3, 0.4) is 0 Å². The van der Waals surface area contributed by atoms with Crippen LogP contribution in [0, 0.1) is 19.8 Å². The number of rotatable bonds is 5. The SMILES string of the molecule is Cc1cc(C(=O)Nc2nc(CN3CCCC(C)C3)cs2)c(C)n1-c1ccccn1. The standard InChI is InChI=1S/C22H27N5OS/c1-15-7-6-10-26(12-15)13-18-14-29-22(24-18)25-21(28)19-11-16(2)27(17(19)3)20-8-4-5-9-23-20/h4-5,8-9,11,14-15H,6-7,10,12-13H2,1-3H3,(H,24,25,28). The molecule has 0 spiro atoms. The second-order valence-corrected chi connectivity index (χ2v) is 8.75. The molecule has 3 aromatic heterocycles. The Morgan fingerprint density at radius 2 is 2.21 bits per heavy atom. The summed E-state index contributed by atoms with van der Waals surface area (Å²) in [5.74, 6) is 1.43. The summed E-state index contributed by atoms with van der Waals surface area (Å²) in [6, 6.07) is 7.68. The molecule has 3 aromatic rings. The fourth-order valence-electron chi connectivity index (χ4n) is 4.09. The Labute approximate surface area is 175 Å². The third kappa shape index (κ3) is 4.41. The molecule has 0 saturated carbocycles. The molecule has 7 heteroatoms. The number of aromatic nitrogens is 3. The lowest BCUT2D eigenvalue weighted by Gasteiger charge is -2.30. The van der Waals surface area contributed by atoms with Gasteiger partial charge in [0.25, 0.3) is 5.91 Å². The average Bonchev–Trinajstić information content (AvgIpc) is 3.26. The van der Waals surface area contributed by atoms with Gasteiger partial charge in [-0.25, -0.2) is 9.97 Å². The fourth-order valence-corrected chi connectivity index (χ4v) is 4.79. The number of hydrogen-bond donors (Lipinski definition) is 1. The number of aryl methyl sites for hydroxylation is 1. The molecule has 1 N–H and O–H groups in total. The van der Waals surface area contributed by atoms with Crippen LogP contribution in [-0.4, -0.2) is 38.4 Å². The number of hydrogen-bond acceptors (Lipinski definition) is 5. The van der Waals surface area contributed by atoms with Crippen LogP contribution in [-0.2, 0) is 6.54 Å². The number of thiazole rings is 1. The van der Waals surface area contributed by atoms with Crippen LogP contribution in [0.2, 0.25) is 0 Å². The van der Waals surface area contributed by atoms with Crippen molar-refractivity contribution in [3.8, 4) is 5.82 Å². The Hall–Kier alpha value is -2.51. The third-order valence-corrected chi connectivity index (χ3v) is 6.26. The highest BCUT2D eigenvalue weighted by Gasteiger charge is 2.20. The summed E-state index contributed by atoms with van der Waals surface area (Å²) in [6.45, 7) is 9.34. The zero-order valence-corrected chi connectivity index (χ0v) is 18.0. The van der Waals surface area contributed by atoms with E-state index in [2.05, 4.69) is 27.1 Å². The highest BCUT2D eigenvalue weighted by molar-refractivity contribution is 7.14. The van der Waals surface area contributed by atoms with Gasteiger partial charge in [-0.05, 0) is 57.4 Å². The van der Waals surface area contributed by atoms with Crippen molar-refractivity contribution in [1.82, 2.24) is 19.4 Å². The first-order chi connectivity index (χ1) is 14.0. The molecule has 1 amide bonds. The summed E-state index contributed by atoms with van der Waals surface area (Å²) in [5, 5.41) is 5.67. The summed E-state index contributed by atoms with van der Waals surface area (Å²) in [4.78, 5) is 24.4. The molecule has 152 valence electrons. The van der Waals surface area contributed by atoms with Crippen LogP contribution >= 0.6 is 11.3 Å². The lowest BCUT2D eigenvalue weighted by atomic mass is 10.0. The molecule has 1 fully saturated rings. The summed E-state index contributed by atoms with van der Waals surface area (Å²) < 4.78 is 2.00. The molecule has 0 aromatic carbocycles. The second-order valence-electron chi connectivity index (χ2n) is 7.89. The molecule has 0 bridgehead atoms. The summed E-state index contributed by atoms with van der Waals surface area (Å²) in [7, 11) is 0. The number of amides is 1. The molecule has 1 saturated heterocycles. The van der Waals surface area contributed by atoms with E-state index in [-0.39, 0.29) is 5.91 Å². The molecule has 1 atom stereocenters. The van der Waals surface area contributed by atoms with Gasteiger partial charge < -0.3 is 4.57 Å². The van der Waals surface area contributed by atoms with Crippen LogP contribution < -0.4 is 5.32 Å². The van der Waals surface area contributed by atoms with Crippen molar-refractivity contribution in [2.75, 3.05) is 18.4 Å². The van der Waals surface area contributed by atoms with Crippen molar-refractivity contribution in [2.45, 2.75) is 40.2 Å². The van der Waals surface area contributed by atoms with Gasteiger partial charge in [-0.1, -0.05) is 13.0 Å². The quantitative estimate of drug-likeness (QED) is 0.677. The minimum Gasteiger partial charge on any atom is -0.302 e. The molecule has 6 nitrogen and oxygen atoms in total. The van der Waals surface area contributed by atoms with E-state index in [1.165, 1.54) is 24.2 Å². The number of likely N-dealkylation sites (tertiary alicyclic amines) is 1. The first-order valence-electron chi connectivity index (χ1n) is 10.1. The normalized spacial score (nSPS) is 17.4. The van der Waals surface area contributed by atoms with Gasteiger partial charge in [0.15, 0.2) is 5.13 Å². The van der Waals surface area contributed by atoms with E-state index in [0.29, 0.717) is 10.7 Å². The van der Waals surface area contributed by atoms with Gasteiger partial charge in [-0.2, -0.15) is 0 Å². The molecule has 1 unspecified atom stereocenters. The maximum atomic E-state index is 12.9. The fraction of sp³-hybridized carbons (Fsp3) is 0.409. The van der Waals surface area contributed by atoms with Gasteiger partial charge in [0.2, 0.25) is 0 Å². The lowest BCUT2D eigenvalue weighted by Crippen LogP contribution is -2.33. The van der Waals surface area contributed by atoms with Crippen molar-refractivity contribution in [3.05, 3.63) is 58.5 Å². The third-order valence-electron chi connectivity index (χ3n) is 5.45. The van der Waals surface area contributed by atoms with Crippen molar-refractivity contribution >= 4 is 22.4 Å². The summed E-state index contributed by atoms with van der Waals surface area (Å²) >= 11 is 1.49. The lowest BCUT2D eigenvalue weighted by molar-refractivity contribution is 0.102. The zero-order valence-electron chi connectivity index (χ0n) is 17.2. The number of carbonyl (C=O) groups is 1. The van der Waals surface area contributed by atoms with Gasteiger partial charge >= 0.3 is 0 Å². The average molecular weight is 410 g/mol. The number of anilines is 1. The van der Waals surface area contributed by atoms with E-state index >= 15 is 0 Å². The Morgan fingerprint density at radius 1 is 1.34 bits per heavy atom. The maximum absolute atomic E-state index is 12.9. The number of nitrogens with zero attached hydrogens (tertiary/aromatic N) is 4. The highest BCUT2D eigenvalue weighted by atomic mass is 32.1.